The lowest BCUT2D eigenvalue weighted by molar-refractivity contribution is -0.119. The minimum Gasteiger partial charge on any atom is -0.356 e. The zero-order valence-corrected chi connectivity index (χ0v) is 7.64. The van der Waals surface area contributed by atoms with Crippen LogP contribution in [-0.4, -0.2) is 22.0 Å². The Balaban J connectivity index is 2.08. The molecule has 0 bridgehead atoms. The predicted octanol–water partition coefficient (Wildman–Crippen LogP) is -0.621. The van der Waals surface area contributed by atoms with E-state index in [-0.39, 0.29) is 17.4 Å². The van der Waals surface area contributed by atoms with Crippen molar-refractivity contribution in [2.45, 2.75) is 13.0 Å². The molecule has 0 radical (unpaired) electrons. The van der Waals surface area contributed by atoms with Crippen molar-refractivity contribution < 1.29 is 4.79 Å². The molecule has 1 aromatic heterocycles. The maximum Gasteiger partial charge on any atom is 0.268 e. The number of carbonyl (C=O) groups excluding carboxylic acids is 1. The molecular weight excluding hydrogens is 182 g/mol. The van der Waals surface area contributed by atoms with Gasteiger partial charge in [-0.05, 0) is 0 Å². The van der Waals surface area contributed by atoms with Gasteiger partial charge in [-0.1, -0.05) is 0 Å². The lowest BCUT2D eigenvalue weighted by Gasteiger charge is -2.08. The van der Waals surface area contributed by atoms with Crippen LogP contribution in [0, 0.1) is 5.92 Å². The van der Waals surface area contributed by atoms with Crippen LogP contribution in [0.4, 0.5) is 0 Å². The number of hydrogen-bond donors (Lipinski definition) is 1. The Morgan fingerprint density at radius 3 is 3.07 bits per heavy atom. The number of carbonyl (C=O) groups is 1. The molecule has 5 heteroatoms. The molecule has 1 aliphatic rings. The molecule has 0 aromatic carbocycles. The lowest BCUT2D eigenvalue weighted by Crippen LogP contribution is -2.24. The maximum absolute atomic E-state index is 11.3. The quantitative estimate of drug-likeness (QED) is 0.680. The molecule has 2 rings (SSSR count). The number of aromatic nitrogens is 2. The lowest BCUT2D eigenvalue weighted by atomic mass is 10.1. The third-order valence-corrected chi connectivity index (χ3v) is 2.32. The highest BCUT2D eigenvalue weighted by Crippen LogP contribution is 2.09. The molecule has 2 heterocycles. The molecule has 5 nitrogen and oxygen atoms in total. The number of amides is 1. The van der Waals surface area contributed by atoms with Crippen molar-refractivity contribution in [2.75, 3.05) is 6.54 Å². The predicted molar refractivity (Wildman–Crippen MR) is 49.6 cm³/mol. The Morgan fingerprint density at radius 1 is 1.57 bits per heavy atom. The molecule has 1 aliphatic heterocycles. The van der Waals surface area contributed by atoms with Crippen LogP contribution in [0.1, 0.15) is 6.42 Å². The molecule has 1 unspecified atom stereocenters. The molecule has 1 fully saturated rings. The van der Waals surface area contributed by atoms with E-state index in [1.165, 1.54) is 6.20 Å². The van der Waals surface area contributed by atoms with Gasteiger partial charge in [0.25, 0.3) is 5.56 Å². The molecule has 0 aliphatic carbocycles. The fraction of sp³-hybridized carbons (Fsp3) is 0.444. The van der Waals surface area contributed by atoms with Crippen LogP contribution in [0.15, 0.2) is 23.4 Å². The monoisotopic (exact) mass is 193 g/mol. The highest BCUT2D eigenvalue weighted by atomic mass is 16.2. The van der Waals surface area contributed by atoms with Gasteiger partial charge in [-0.15, -0.1) is 0 Å². The molecule has 1 atom stereocenters. The second-order valence-corrected chi connectivity index (χ2v) is 3.44. The summed E-state index contributed by atoms with van der Waals surface area (Å²) in [5.74, 6) is 0.291. The maximum atomic E-state index is 11.3. The first-order valence-electron chi connectivity index (χ1n) is 4.53. The van der Waals surface area contributed by atoms with Crippen molar-refractivity contribution in [1.82, 2.24) is 14.9 Å². The van der Waals surface area contributed by atoms with Gasteiger partial charge in [0.05, 0.1) is 6.20 Å². The number of nitrogens with zero attached hydrogens (tertiary/aromatic N) is 2. The van der Waals surface area contributed by atoms with E-state index in [1.54, 1.807) is 17.0 Å². The summed E-state index contributed by atoms with van der Waals surface area (Å²) >= 11 is 0. The zero-order chi connectivity index (χ0) is 9.97. The Labute approximate surface area is 80.8 Å². The third-order valence-electron chi connectivity index (χ3n) is 2.32. The van der Waals surface area contributed by atoms with Gasteiger partial charge in [-0.3, -0.25) is 14.6 Å². The normalized spacial score (nSPS) is 20.9. The Bertz CT molecular complexity index is 399. The summed E-state index contributed by atoms with van der Waals surface area (Å²) in [5, 5.41) is 2.74. The molecular formula is C9H11N3O2. The largest absolute Gasteiger partial charge is 0.356 e. The summed E-state index contributed by atoms with van der Waals surface area (Å²) in [6.07, 6.45) is 5.01. The van der Waals surface area contributed by atoms with E-state index in [1.807, 2.05) is 0 Å². The molecule has 1 aromatic rings. The highest BCUT2D eigenvalue weighted by Gasteiger charge is 2.21. The molecule has 1 amide bonds. The average molecular weight is 193 g/mol. The van der Waals surface area contributed by atoms with Crippen molar-refractivity contribution in [1.29, 1.82) is 0 Å². The van der Waals surface area contributed by atoms with E-state index in [0.29, 0.717) is 19.5 Å². The van der Waals surface area contributed by atoms with Crippen molar-refractivity contribution >= 4 is 5.91 Å². The van der Waals surface area contributed by atoms with Gasteiger partial charge in [-0.2, -0.15) is 0 Å². The molecule has 0 spiro atoms. The first-order valence-corrected chi connectivity index (χ1v) is 4.53. The van der Waals surface area contributed by atoms with Crippen LogP contribution in [0.25, 0.3) is 0 Å². The zero-order valence-electron chi connectivity index (χ0n) is 7.64. The van der Waals surface area contributed by atoms with Gasteiger partial charge in [-0.25, -0.2) is 0 Å². The van der Waals surface area contributed by atoms with Crippen LogP contribution >= 0.6 is 0 Å². The van der Waals surface area contributed by atoms with E-state index in [0.717, 1.165) is 0 Å². The van der Waals surface area contributed by atoms with E-state index >= 15 is 0 Å². The smallest absolute Gasteiger partial charge is 0.268 e. The van der Waals surface area contributed by atoms with Gasteiger partial charge in [0.15, 0.2) is 0 Å². The SMILES string of the molecule is O=C1CC(Cn2ccncc2=O)CN1. The standard InChI is InChI=1S/C9H11N3O2/c13-8-3-7(4-11-8)6-12-2-1-10-5-9(12)14/h1-2,5,7H,3-4,6H2,(H,11,13). The molecule has 14 heavy (non-hydrogen) atoms. The van der Waals surface area contributed by atoms with Crippen molar-refractivity contribution in [3.63, 3.8) is 0 Å². The topological polar surface area (TPSA) is 64.0 Å². The van der Waals surface area contributed by atoms with Crippen molar-refractivity contribution in [2.24, 2.45) is 5.92 Å². The first-order chi connectivity index (χ1) is 6.75. The summed E-state index contributed by atoms with van der Waals surface area (Å²) in [5.41, 5.74) is -0.119. The van der Waals surface area contributed by atoms with Crippen LogP contribution in [0.2, 0.25) is 0 Å². The second kappa shape index (κ2) is 3.61. The molecule has 0 saturated carbocycles. The second-order valence-electron chi connectivity index (χ2n) is 3.44. The van der Waals surface area contributed by atoms with Gasteiger partial charge in [0, 0.05) is 37.8 Å². The van der Waals surface area contributed by atoms with Crippen LogP contribution in [-0.2, 0) is 11.3 Å². The molecule has 74 valence electrons. The fourth-order valence-electron chi connectivity index (χ4n) is 1.60. The average Bonchev–Trinajstić information content (AvgIpc) is 2.56. The molecule has 1 saturated heterocycles. The summed E-state index contributed by atoms with van der Waals surface area (Å²) in [4.78, 5) is 25.9. The third kappa shape index (κ3) is 1.81. The van der Waals surface area contributed by atoms with Crippen LogP contribution < -0.4 is 10.9 Å². The van der Waals surface area contributed by atoms with Crippen LogP contribution in [0.5, 0.6) is 0 Å². The minimum absolute atomic E-state index is 0.0668. The summed E-state index contributed by atoms with van der Waals surface area (Å²) < 4.78 is 1.58. The summed E-state index contributed by atoms with van der Waals surface area (Å²) in [6.45, 7) is 1.24. The van der Waals surface area contributed by atoms with Crippen LogP contribution in [0.3, 0.4) is 0 Å². The minimum atomic E-state index is -0.119. The number of hydrogen-bond acceptors (Lipinski definition) is 3. The van der Waals surface area contributed by atoms with E-state index in [4.69, 9.17) is 0 Å². The van der Waals surface area contributed by atoms with Gasteiger partial charge in [0.2, 0.25) is 5.91 Å². The van der Waals surface area contributed by atoms with Gasteiger partial charge in [0.1, 0.15) is 0 Å². The van der Waals surface area contributed by atoms with Crippen molar-refractivity contribution in [3.8, 4) is 0 Å². The Morgan fingerprint density at radius 2 is 2.43 bits per heavy atom. The fourth-order valence-corrected chi connectivity index (χ4v) is 1.60. The van der Waals surface area contributed by atoms with Crippen molar-refractivity contribution in [3.05, 3.63) is 28.9 Å². The van der Waals surface area contributed by atoms with E-state index < -0.39 is 0 Å². The summed E-state index contributed by atoms with van der Waals surface area (Å²) in [6, 6.07) is 0. The van der Waals surface area contributed by atoms with E-state index in [2.05, 4.69) is 10.3 Å². The van der Waals surface area contributed by atoms with Gasteiger partial charge >= 0.3 is 0 Å². The first kappa shape index (κ1) is 8.93. The number of nitrogens with one attached hydrogen (secondary N) is 1. The Hall–Kier alpha value is -1.65. The highest BCUT2D eigenvalue weighted by molar-refractivity contribution is 5.78. The van der Waals surface area contributed by atoms with E-state index in [9.17, 15) is 9.59 Å². The Kier molecular flexibility index (Phi) is 2.30. The number of rotatable bonds is 2. The summed E-state index contributed by atoms with van der Waals surface area (Å²) in [7, 11) is 0. The van der Waals surface area contributed by atoms with Gasteiger partial charge < -0.3 is 9.88 Å². The molecule has 1 N–H and O–H groups in total.